The molecule has 6 nitrogen and oxygen atoms in total. The maximum Gasteiger partial charge on any atom is 0.333 e. The van der Waals surface area contributed by atoms with Gasteiger partial charge in [0.05, 0.1) is 26.4 Å². The molecule has 0 bridgehead atoms. The lowest BCUT2D eigenvalue weighted by molar-refractivity contribution is -0.140. The van der Waals surface area contributed by atoms with Gasteiger partial charge in [0.15, 0.2) is 0 Å². The van der Waals surface area contributed by atoms with Gasteiger partial charge < -0.3 is 24.1 Å². The van der Waals surface area contributed by atoms with E-state index in [0.29, 0.717) is 44.4 Å². The van der Waals surface area contributed by atoms with Crippen molar-refractivity contribution in [3.8, 4) is 11.5 Å². The Morgan fingerprint density at radius 3 is 2.23 bits per heavy atom. The number of hydrogen-bond acceptors (Lipinski definition) is 6. The van der Waals surface area contributed by atoms with Gasteiger partial charge in [-0.1, -0.05) is 30.8 Å². The molecule has 0 aliphatic carbocycles. The molecule has 2 aromatic rings. The number of aromatic hydroxyl groups is 1. The SMILES string of the molecule is C=C(C)C(=O)OCCOCCOCCOc1ccc(O)c2ccccc12. The highest BCUT2D eigenvalue weighted by Gasteiger charge is 2.05. The molecular weight excluding hydrogens is 336 g/mol. The molecule has 0 amide bonds. The number of benzene rings is 2. The minimum Gasteiger partial charge on any atom is -0.507 e. The lowest BCUT2D eigenvalue weighted by Crippen LogP contribution is -2.14. The molecule has 0 aliphatic rings. The van der Waals surface area contributed by atoms with Gasteiger partial charge in [-0.15, -0.1) is 0 Å². The number of esters is 1. The maximum atomic E-state index is 11.1. The van der Waals surface area contributed by atoms with Crippen molar-refractivity contribution in [2.75, 3.05) is 39.6 Å². The molecule has 1 N–H and O–H groups in total. The fourth-order valence-electron chi connectivity index (χ4n) is 2.23. The van der Waals surface area contributed by atoms with Crippen LogP contribution in [-0.4, -0.2) is 50.7 Å². The minimum absolute atomic E-state index is 0.197. The van der Waals surface area contributed by atoms with Crippen molar-refractivity contribution in [1.82, 2.24) is 0 Å². The molecule has 0 aliphatic heterocycles. The van der Waals surface area contributed by atoms with Gasteiger partial charge in [-0.3, -0.25) is 0 Å². The molecule has 0 saturated heterocycles. The topological polar surface area (TPSA) is 74.2 Å². The monoisotopic (exact) mass is 360 g/mol. The van der Waals surface area contributed by atoms with Crippen LogP contribution in [0.3, 0.4) is 0 Å². The van der Waals surface area contributed by atoms with E-state index in [2.05, 4.69) is 6.58 Å². The second kappa shape index (κ2) is 10.4. The van der Waals surface area contributed by atoms with Gasteiger partial charge >= 0.3 is 5.97 Å². The van der Waals surface area contributed by atoms with Gasteiger partial charge in [-0.25, -0.2) is 4.79 Å². The molecule has 0 unspecified atom stereocenters. The van der Waals surface area contributed by atoms with E-state index in [-0.39, 0.29) is 12.4 Å². The Labute approximate surface area is 152 Å². The second-order valence-corrected chi connectivity index (χ2v) is 5.62. The minimum atomic E-state index is -0.413. The first-order chi connectivity index (χ1) is 12.6. The van der Waals surface area contributed by atoms with Crippen molar-refractivity contribution in [3.05, 3.63) is 48.6 Å². The number of phenols is 1. The zero-order chi connectivity index (χ0) is 18.8. The number of rotatable bonds is 11. The van der Waals surface area contributed by atoms with Gasteiger partial charge in [0.1, 0.15) is 24.7 Å². The number of carbonyl (C=O) groups excluding carboxylic acids is 1. The Hall–Kier alpha value is -2.57. The lowest BCUT2D eigenvalue weighted by Gasteiger charge is -2.11. The molecule has 6 heteroatoms. The van der Waals surface area contributed by atoms with Gasteiger partial charge in [0.2, 0.25) is 0 Å². The summed E-state index contributed by atoms with van der Waals surface area (Å²) in [6.07, 6.45) is 0. The van der Waals surface area contributed by atoms with Crippen LogP contribution in [-0.2, 0) is 19.0 Å². The lowest BCUT2D eigenvalue weighted by atomic mass is 10.1. The first-order valence-electron chi connectivity index (χ1n) is 8.41. The third kappa shape index (κ3) is 6.06. The molecule has 2 rings (SSSR count). The largest absolute Gasteiger partial charge is 0.507 e. The highest BCUT2D eigenvalue weighted by atomic mass is 16.6. The molecule has 0 heterocycles. The summed E-state index contributed by atoms with van der Waals surface area (Å²) in [6, 6.07) is 10.9. The number of hydrogen-bond donors (Lipinski definition) is 1. The fraction of sp³-hybridized carbons (Fsp3) is 0.350. The molecule has 0 aromatic heterocycles. The van der Waals surface area contributed by atoms with E-state index in [1.54, 1.807) is 19.1 Å². The predicted molar refractivity (Wildman–Crippen MR) is 98.5 cm³/mol. The van der Waals surface area contributed by atoms with Crippen molar-refractivity contribution >= 4 is 16.7 Å². The number of fused-ring (bicyclic) bond motifs is 1. The normalized spacial score (nSPS) is 10.7. The molecule has 140 valence electrons. The van der Waals surface area contributed by atoms with Crippen LogP contribution in [0.25, 0.3) is 10.8 Å². The summed E-state index contributed by atoms with van der Waals surface area (Å²) in [4.78, 5) is 11.1. The Bertz CT molecular complexity index is 740. The standard InChI is InChI=1S/C20H24O6/c1-15(2)20(22)26-14-12-24-10-9-23-11-13-25-19-8-7-18(21)16-5-3-4-6-17(16)19/h3-8,21H,1,9-14H2,2H3. The first-order valence-corrected chi connectivity index (χ1v) is 8.41. The predicted octanol–water partition coefficient (Wildman–Crippen LogP) is 3.08. The summed E-state index contributed by atoms with van der Waals surface area (Å²) in [5, 5.41) is 11.5. The van der Waals surface area contributed by atoms with Crippen LogP contribution < -0.4 is 4.74 Å². The molecule has 0 atom stereocenters. The smallest absolute Gasteiger partial charge is 0.333 e. The first kappa shape index (κ1) is 19.8. The maximum absolute atomic E-state index is 11.1. The van der Waals surface area contributed by atoms with E-state index in [4.69, 9.17) is 18.9 Å². The number of ether oxygens (including phenoxy) is 4. The summed E-state index contributed by atoms with van der Waals surface area (Å²) in [5.41, 5.74) is 0.370. The van der Waals surface area contributed by atoms with Crippen LogP contribution in [0.4, 0.5) is 0 Å². The van der Waals surface area contributed by atoms with E-state index in [0.717, 1.165) is 10.8 Å². The second-order valence-electron chi connectivity index (χ2n) is 5.62. The molecule has 0 fully saturated rings. The van der Waals surface area contributed by atoms with Crippen LogP contribution in [0.2, 0.25) is 0 Å². The summed E-state index contributed by atoms with van der Waals surface area (Å²) in [7, 11) is 0. The van der Waals surface area contributed by atoms with Gasteiger partial charge in [-0.2, -0.15) is 0 Å². The van der Waals surface area contributed by atoms with Crippen molar-refractivity contribution in [2.45, 2.75) is 6.92 Å². The Morgan fingerprint density at radius 1 is 0.923 bits per heavy atom. The fourth-order valence-corrected chi connectivity index (χ4v) is 2.23. The number of phenolic OH excluding ortho intramolecular Hbond substituents is 1. The third-order valence-corrected chi connectivity index (χ3v) is 3.53. The van der Waals surface area contributed by atoms with E-state index < -0.39 is 5.97 Å². The molecular formula is C20H24O6. The van der Waals surface area contributed by atoms with Crippen molar-refractivity contribution in [2.24, 2.45) is 0 Å². The van der Waals surface area contributed by atoms with Crippen LogP contribution in [0.15, 0.2) is 48.6 Å². The van der Waals surface area contributed by atoms with Crippen LogP contribution in [0.1, 0.15) is 6.92 Å². The van der Waals surface area contributed by atoms with Crippen molar-refractivity contribution < 1.29 is 28.8 Å². The highest BCUT2D eigenvalue weighted by molar-refractivity contribution is 5.92. The van der Waals surface area contributed by atoms with E-state index in [1.807, 2.05) is 24.3 Å². The van der Waals surface area contributed by atoms with Crippen LogP contribution >= 0.6 is 0 Å². The van der Waals surface area contributed by atoms with Crippen molar-refractivity contribution in [3.63, 3.8) is 0 Å². The van der Waals surface area contributed by atoms with E-state index in [9.17, 15) is 9.90 Å². The van der Waals surface area contributed by atoms with Crippen LogP contribution in [0.5, 0.6) is 11.5 Å². The van der Waals surface area contributed by atoms with Gasteiger partial charge in [0.25, 0.3) is 0 Å². The van der Waals surface area contributed by atoms with E-state index in [1.165, 1.54) is 0 Å². The third-order valence-electron chi connectivity index (χ3n) is 3.53. The van der Waals surface area contributed by atoms with Crippen LogP contribution in [0, 0.1) is 0 Å². The molecule has 0 spiro atoms. The zero-order valence-electron chi connectivity index (χ0n) is 14.9. The van der Waals surface area contributed by atoms with E-state index >= 15 is 0 Å². The Kier molecular flexibility index (Phi) is 7.92. The highest BCUT2D eigenvalue weighted by Crippen LogP contribution is 2.31. The summed E-state index contributed by atoms with van der Waals surface area (Å²) in [6.45, 7) is 7.26. The van der Waals surface area contributed by atoms with Gasteiger partial charge in [-0.05, 0) is 19.1 Å². The average molecular weight is 360 g/mol. The summed E-state index contributed by atoms with van der Waals surface area (Å²) >= 11 is 0. The Morgan fingerprint density at radius 2 is 1.54 bits per heavy atom. The van der Waals surface area contributed by atoms with Gasteiger partial charge in [0, 0.05) is 16.3 Å². The number of carbonyl (C=O) groups is 1. The molecule has 0 saturated carbocycles. The molecule has 0 radical (unpaired) electrons. The zero-order valence-corrected chi connectivity index (χ0v) is 14.9. The Balaban J connectivity index is 1.57. The quantitative estimate of drug-likeness (QED) is 0.377. The summed E-state index contributed by atoms with van der Waals surface area (Å²) in [5.74, 6) is 0.525. The summed E-state index contributed by atoms with van der Waals surface area (Å²) < 4.78 is 21.4. The molecule has 2 aromatic carbocycles. The molecule has 26 heavy (non-hydrogen) atoms. The average Bonchev–Trinajstić information content (AvgIpc) is 2.64. The van der Waals surface area contributed by atoms with Crippen molar-refractivity contribution in [1.29, 1.82) is 0 Å².